The topological polar surface area (TPSA) is 9.23 Å². The van der Waals surface area contributed by atoms with Crippen LogP contribution >= 0.6 is 8.58 Å². The lowest BCUT2D eigenvalue weighted by atomic mass is 10.3. The van der Waals surface area contributed by atoms with Crippen molar-refractivity contribution in [3.8, 4) is 0 Å². The van der Waals surface area contributed by atoms with Crippen LogP contribution in [0, 0.1) is 0 Å². The molecular weight excluding hydrogens is 155 g/mol. The number of ether oxygens (including phenoxy) is 1. The van der Waals surface area contributed by atoms with Gasteiger partial charge in [-0.1, -0.05) is 6.08 Å². The fourth-order valence-corrected chi connectivity index (χ4v) is 1.94. The second-order valence-corrected chi connectivity index (χ2v) is 4.03. The van der Waals surface area contributed by atoms with Crippen LogP contribution in [0.4, 0.5) is 0 Å². The van der Waals surface area contributed by atoms with Gasteiger partial charge >= 0.3 is 0 Å². The van der Waals surface area contributed by atoms with Gasteiger partial charge in [-0.25, -0.2) is 0 Å². The number of unbranched alkanes of at least 4 members (excludes halogenated alkanes) is 1. The zero-order valence-corrected chi connectivity index (χ0v) is 8.44. The Kier molecular flexibility index (Phi) is 10.2. The minimum absolute atomic E-state index is 0.925. The van der Waals surface area contributed by atoms with E-state index in [2.05, 4.69) is 6.58 Å². The van der Waals surface area contributed by atoms with Gasteiger partial charge < -0.3 is 4.74 Å². The predicted molar refractivity (Wildman–Crippen MR) is 54.0 cm³/mol. The van der Waals surface area contributed by atoms with E-state index in [-0.39, 0.29) is 0 Å². The minimum Gasteiger partial charge on any atom is -0.385 e. The molecule has 0 saturated heterocycles. The lowest BCUT2D eigenvalue weighted by Crippen LogP contribution is -1.89. The van der Waals surface area contributed by atoms with Gasteiger partial charge in [0.2, 0.25) is 0 Å². The Hall–Kier alpha value is 0.130. The van der Waals surface area contributed by atoms with Crippen LogP contribution in [0.3, 0.4) is 0 Å². The highest BCUT2D eigenvalue weighted by molar-refractivity contribution is 7.37. The van der Waals surface area contributed by atoms with Crippen LogP contribution in [-0.2, 0) is 4.74 Å². The second kappa shape index (κ2) is 10.1. The van der Waals surface area contributed by atoms with E-state index in [4.69, 9.17) is 4.74 Å². The molecule has 0 aliphatic carbocycles. The van der Waals surface area contributed by atoms with E-state index < -0.39 is 0 Å². The summed E-state index contributed by atoms with van der Waals surface area (Å²) < 4.78 is 4.96. The fraction of sp³-hybridized carbons (Fsp3) is 0.778. The van der Waals surface area contributed by atoms with Crippen LogP contribution in [0.5, 0.6) is 0 Å². The van der Waals surface area contributed by atoms with Gasteiger partial charge in [-0.2, -0.15) is 0 Å². The Morgan fingerprint density at radius 3 is 2.73 bits per heavy atom. The number of hydrogen-bond acceptors (Lipinski definition) is 1. The molecule has 0 spiro atoms. The van der Waals surface area contributed by atoms with Crippen molar-refractivity contribution in [1.29, 1.82) is 0 Å². The molecule has 0 rings (SSSR count). The Balaban J connectivity index is 2.74. The lowest BCUT2D eigenvalue weighted by molar-refractivity contribution is 0.200. The maximum absolute atomic E-state index is 4.96. The maximum atomic E-state index is 4.96. The summed E-state index contributed by atoms with van der Waals surface area (Å²) in [5.74, 6) is 0. The van der Waals surface area contributed by atoms with Crippen LogP contribution in [0.15, 0.2) is 12.7 Å². The van der Waals surface area contributed by atoms with Crippen molar-refractivity contribution in [3.05, 3.63) is 12.7 Å². The standard InChI is InChI=1S/C9H19OP/c1-3-4-5-8-11-9-6-7-10-2/h3,11H,1,4-9H2,2H3. The molecule has 0 N–H and O–H groups in total. The van der Waals surface area contributed by atoms with Crippen molar-refractivity contribution in [2.24, 2.45) is 0 Å². The monoisotopic (exact) mass is 174 g/mol. The summed E-state index contributed by atoms with van der Waals surface area (Å²) in [5, 5.41) is 0. The Morgan fingerprint density at radius 2 is 2.09 bits per heavy atom. The molecule has 11 heavy (non-hydrogen) atoms. The van der Waals surface area contributed by atoms with E-state index in [0.717, 1.165) is 15.2 Å². The molecule has 1 atom stereocenters. The lowest BCUT2D eigenvalue weighted by Gasteiger charge is -1.99. The third kappa shape index (κ3) is 10.1. The first-order valence-corrected chi connectivity index (χ1v) is 5.63. The van der Waals surface area contributed by atoms with Crippen molar-refractivity contribution in [2.45, 2.75) is 19.3 Å². The molecular formula is C9H19OP. The largest absolute Gasteiger partial charge is 0.385 e. The smallest absolute Gasteiger partial charge is 0.0465 e. The number of methoxy groups -OCH3 is 1. The Labute approximate surface area is 72.0 Å². The van der Waals surface area contributed by atoms with Crippen LogP contribution in [-0.4, -0.2) is 26.0 Å². The first-order chi connectivity index (χ1) is 5.41. The van der Waals surface area contributed by atoms with E-state index in [1.165, 1.54) is 31.6 Å². The Bertz CT molecular complexity index is 83.6. The quantitative estimate of drug-likeness (QED) is 0.312. The van der Waals surface area contributed by atoms with E-state index in [1.54, 1.807) is 7.11 Å². The van der Waals surface area contributed by atoms with Gasteiger partial charge in [0.1, 0.15) is 0 Å². The molecule has 1 unspecified atom stereocenters. The molecule has 0 bridgehead atoms. The SMILES string of the molecule is C=CCCCPCCCOC. The Morgan fingerprint density at radius 1 is 1.36 bits per heavy atom. The summed E-state index contributed by atoms with van der Waals surface area (Å²) in [6, 6.07) is 0. The number of rotatable bonds is 8. The minimum atomic E-state index is 0.925. The molecule has 0 aromatic carbocycles. The molecule has 2 heteroatoms. The highest BCUT2D eigenvalue weighted by Crippen LogP contribution is 2.13. The molecule has 0 saturated carbocycles. The normalized spacial score (nSPS) is 11.0. The van der Waals surface area contributed by atoms with Crippen molar-refractivity contribution < 1.29 is 4.74 Å². The first kappa shape index (κ1) is 11.1. The highest BCUT2D eigenvalue weighted by Gasteiger charge is 1.87. The predicted octanol–water partition coefficient (Wildman–Crippen LogP) is 2.67. The summed E-state index contributed by atoms with van der Waals surface area (Å²) in [6.45, 7) is 4.62. The molecule has 0 heterocycles. The van der Waals surface area contributed by atoms with E-state index in [0.29, 0.717) is 0 Å². The molecule has 0 aliphatic heterocycles. The van der Waals surface area contributed by atoms with Crippen LogP contribution in [0.2, 0.25) is 0 Å². The molecule has 0 aromatic rings. The van der Waals surface area contributed by atoms with Gasteiger partial charge in [0, 0.05) is 13.7 Å². The van der Waals surface area contributed by atoms with E-state index >= 15 is 0 Å². The summed E-state index contributed by atoms with van der Waals surface area (Å²) in [7, 11) is 2.89. The molecule has 1 nitrogen and oxygen atoms in total. The number of hydrogen-bond donors (Lipinski definition) is 0. The van der Waals surface area contributed by atoms with Gasteiger partial charge in [-0.15, -0.1) is 15.2 Å². The molecule has 0 fully saturated rings. The molecule has 0 aliphatic rings. The average Bonchev–Trinajstić information content (AvgIpc) is 2.03. The second-order valence-electron chi connectivity index (χ2n) is 2.53. The highest BCUT2D eigenvalue weighted by atomic mass is 31.1. The molecule has 66 valence electrons. The summed E-state index contributed by atoms with van der Waals surface area (Å²) >= 11 is 0. The van der Waals surface area contributed by atoms with Crippen molar-refractivity contribution in [3.63, 3.8) is 0 Å². The molecule has 0 aromatic heterocycles. The van der Waals surface area contributed by atoms with Gasteiger partial charge in [-0.05, 0) is 31.6 Å². The third-order valence-electron chi connectivity index (χ3n) is 1.46. The molecule has 0 radical (unpaired) electrons. The van der Waals surface area contributed by atoms with E-state index in [1.807, 2.05) is 6.08 Å². The summed E-state index contributed by atoms with van der Waals surface area (Å²) in [5.41, 5.74) is 0. The first-order valence-electron chi connectivity index (χ1n) is 4.22. The van der Waals surface area contributed by atoms with Crippen LogP contribution < -0.4 is 0 Å². The zero-order chi connectivity index (χ0) is 8.36. The van der Waals surface area contributed by atoms with Gasteiger partial charge in [0.15, 0.2) is 0 Å². The van der Waals surface area contributed by atoms with Crippen LogP contribution in [0.1, 0.15) is 19.3 Å². The fourth-order valence-electron chi connectivity index (χ4n) is 0.838. The van der Waals surface area contributed by atoms with Crippen molar-refractivity contribution in [2.75, 3.05) is 26.0 Å². The van der Waals surface area contributed by atoms with Crippen molar-refractivity contribution >= 4 is 8.58 Å². The summed E-state index contributed by atoms with van der Waals surface area (Å²) in [6.07, 6.45) is 8.43. The van der Waals surface area contributed by atoms with Gasteiger partial charge in [-0.3, -0.25) is 0 Å². The van der Waals surface area contributed by atoms with Crippen molar-refractivity contribution in [1.82, 2.24) is 0 Å². The van der Waals surface area contributed by atoms with E-state index in [9.17, 15) is 0 Å². The van der Waals surface area contributed by atoms with Gasteiger partial charge in [0.05, 0.1) is 0 Å². The van der Waals surface area contributed by atoms with Crippen LogP contribution in [0.25, 0.3) is 0 Å². The average molecular weight is 174 g/mol. The van der Waals surface area contributed by atoms with Gasteiger partial charge in [0.25, 0.3) is 0 Å². The number of allylic oxidation sites excluding steroid dienone is 1. The third-order valence-corrected chi connectivity index (χ3v) is 2.88. The molecule has 0 amide bonds. The maximum Gasteiger partial charge on any atom is 0.0465 e. The zero-order valence-electron chi connectivity index (χ0n) is 7.44. The summed E-state index contributed by atoms with van der Waals surface area (Å²) in [4.78, 5) is 0.